The highest BCUT2D eigenvalue weighted by atomic mass is 32.1. The predicted molar refractivity (Wildman–Crippen MR) is 81.8 cm³/mol. The minimum absolute atomic E-state index is 0.221. The van der Waals surface area contributed by atoms with Gasteiger partial charge in [0.2, 0.25) is 5.91 Å². The topological polar surface area (TPSA) is 35.6 Å². The van der Waals surface area contributed by atoms with Gasteiger partial charge in [-0.05, 0) is 30.8 Å². The minimum atomic E-state index is 0.221. The van der Waals surface area contributed by atoms with E-state index >= 15 is 0 Å². The largest absolute Gasteiger partial charge is 0.341 e. The first kappa shape index (κ1) is 14.0. The first-order chi connectivity index (χ1) is 9.83. The summed E-state index contributed by atoms with van der Waals surface area (Å²) in [5, 5.41) is 5.42. The van der Waals surface area contributed by atoms with Crippen molar-refractivity contribution >= 4 is 17.2 Å². The van der Waals surface area contributed by atoms with Crippen LogP contribution in [-0.4, -0.2) is 55.0 Å². The Morgan fingerprint density at radius 2 is 2.30 bits per heavy atom. The molecule has 1 atom stereocenters. The zero-order chi connectivity index (χ0) is 13.8. The summed E-state index contributed by atoms with van der Waals surface area (Å²) in [4.78, 5) is 18.4. The van der Waals surface area contributed by atoms with Gasteiger partial charge in [-0.3, -0.25) is 9.69 Å². The van der Waals surface area contributed by atoms with Crippen LogP contribution in [0.5, 0.6) is 0 Å². The summed E-state index contributed by atoms with van der Waals surface area (Å²) < 4.78 is 0. The Hall–Kier alpha value is -0.910. The van der Waals surface area contributed by atoms with Crippen molar-refractivity contribution in [3.8, 4) is 0 Å². The number of thiophene rings is 1. The van der Waals surface area contributed by atoms with Crippen molar-refractivity contribution in [1.29, 1.82) is 0 Å². The number of hydrogen-bond donors (Lipinski definition) is 1. The number of carbonyl (C=O) groups is 1. The fraction of sp³-hybridized carbons (Fsp3) is 0.667. The summed E-state index contributed by atoms with van der Waals surface area (Å²) >= 11 is 1.82. The van der Waals surface area contributed by atoms with Gasteiger partial charge in [0.25, 0.3) is 0 Å². The third-order valence-corrected chi connectivity index (χ3v) is 5.13. The molecule has 1 aromatic heterocycles. The van der Waals surface area contributed by atoms with E-state index in [4.69, 9.17) is 0 Å². The van der Waals surface area contributed by atoms with E-state index in [1.165, 1.54) is 4.88 Å². The molecule has 0 aromatic carbocycles. The second-order valence-electron chi connectivity index (χ2n) is 5.72. The van der Waals surface area contributed by atoms with Crippen molar-refractivity contribution in [2.45, 2.75) is 19.4 Å². The molecule has 0 radical (unpaired) electrons. The molecule has 20 heavy (non-hydrogen) atoms. The van der Waals surface area contributed by atoms with Crippen LogP contribution in [0.15, 0.2) is 17.5 Å². The summed E-state index contributed by atoms with van der Waals surface area (Å²) in [6.07, 6.45) is 2.10. The Morgan fingerprint density at radius 3 is 3.05 bits per heavy atom. The number of nitrogens with one attached hydrogen (secondary N) is 1. The molecule has 110 valence electrons. The lowest BCUT2D eigenvalue weighted by Gasteiger charge is -2.24. The van der Waals surface area contributed by atoms with Crippen molar-refractivity contribution in [2.24, 2.45) is 5.92 Å². The second kappa shape index (κ2) is 6.70. The number of hydrogen-bond acceptors (Lipinski definition) is 4. The Labute approximate surface area is 124 Å². The van der Waals surface area contributed by atoms with Crippen LogP contribution in [0.2, 0.25) is 0 Å². The maximum absolute atomic E-state index is 12.4. The van der Waals surface area contributed by atoms with Gasteiger partial charge in [-0.1, -0.05) is 6.07 Å². The lowest BCUT2D eigenvalue weighted by molar-refractivity contribution is -0.134. The zero-order valence-electron chi connectivity index (χ0n) is 11.9. The SMILES string of the molecule is O=C(C1CCNC1)N1CCCN(Cc2cccs2)CC1. The lowest BCUT2D eigenvalue weighted by Crippen LogP contribution is -2.39. The van der Waals surface area contributed by atoms with Gasteiger partial charge in [-0.25, -0.2) is 0 Å². The molecule has 1 N–H and O–H groups in total. The van der Waals surface area contributed by atoms with E-state index in [9.17, 15) is 4.79 Å². The van der Waals surface area contributed by atoms with Crippen LogP contribution < -0.4 is 5.32 Å². The molecule has 5 heteroatoms. The molecule has 4 nitrogen and oxygen atoms in total. The average molecular weight is 293 g/mol. The molecule has 0 saturated carbocycles. The zero-order valence-corrected chi connectivity index (χ0v) is 12.7. The Kier molecular flexibility index (Phi) is 4.70. The van der Waals surface area contributed by atoms with Gasteiger partial charge >= 0.3 is 0 Å². The molecule has 3 heterocycles. The van der Waals surface area contributed by atoms with Crippen LogP contribution in [0.1, 0.15) is 17.7 Å². The Balaban J connectivity index is 1.52. The van der Waals surface area contributed by atoms with Crippen molar-refractivity contribution in [3.05, 3.63) is 22.4 Å². The van der Waals surface area contributed by atoms with Crippen LogP contribution in [0.4, 0.5) is 0 Å². The van der Waals surface area contributed by atoms with Gasteiger partial charge < -0.3 is 10.2 Å². The Morgan fingerprint density at radius 1 is 1.35 bits per heavy atom. The van der Waals surface area contributed by atoms with E-state index in [0.29, 0.717) is 5.91 Å². The molecule has 1 aromatic rings. The molecule has 0 spiro atoms. The van der Waals surface area contributed by atoms with E-state index in [1.807, 2.05) is 11.3 Å². The smallest absolute Gasteiger partial charge is 0.227 e. The predicted octanol–water partition coefficient (Wildman–Crippen LogP) is 1.39. The highest BCUT2D eigenvalue weighted by Gasteiger charge is 2.28. The van der Waals surface area contributed by atoms with Gasteiger partial charge in [-0.15, -0.1) is 11.3 Å². The molecule has 2 aliphatic rings. The third kappa shape index (κ3) is 3.40. The minimum Gasteiger partial charge on any atom is -0.341 e. The van der Waals surface area contributed by atoms with Crippen LogP contribution in [-0.2, 0) is 11.3 Å². The van der Waals surface area contributed by atoms with E-state index in [-0.39, 0.29) is 5.92 Å². The molecule has 2 aliphatic heterocycles. The normalized spacial score (nSPS) is 24.8. The number of carbonyl (C=O) groups excluding carboxylic acids is 1. The quantitative estimate of drug-likeness (QED) is 0.915. The fourth-order valence-corrected chi connectivity index (χ4v) is 3.84. The van der Waals surface area contributed by atoms with Crippen LogP contribution in [0, 0.1) is 5.92 Å². The summed E-state index contributed by atoms with van der Waals surface area (Å²) in [6, 6.07) is 4.31. The number of amides is 1. The van der Waals surface area contributed by atoms with Gasteiger partial charge in [0, 0.05) is 44.1 Å². The van der Waals surface area contributed by atoms with E-state index in [0.717, 1.165) is 58.7 Å². The van der Waals surface area contributed by atoms with Crippen LogP contribution >= 0.6 is 11.3 Å². The number of rotatable bonds is 3. The molecular weight excluding hydrogens is 270 g/mol. The molecular formula is C15H23N3OS. The average Bonchev–Trinajstić information content (AvgIpc) is 3.10. The van der Waals surface area contributed by atoms with E-state index in [2.05, 4.69) is 32.6 Å². The van der Waals surface area contributed by atoms with Crippen molar-refractivity contribution in [3.63, 3.8) is 0 Å². The van der Waals surface area contributed by atoms with Crippen molar-refractivity contribution < 1.29 is 4.79 Å². The fourth-order valence-electron chi connectivity index (χ4n) is 3.10. The lowest BCUT2D eigenvalue weighted by atomic mass is 10.1. The van der Waals surface area contributed by atoms with E-state index < -0.39 is 0 Å². The summed E-state index contributed by atoms with van der Waals surface area (Å²) in [7, 11) is 0. The van der Waals surface area contributed by atoms with Crippen LogP contribution in [0.25, 0.3) is 0 Å². The molecule has 2 fully saturated rings. The molecule has 1 unspecified atom stereocenters. The first-order valence-electron chi connectivity index (χ1n) is 7.57. The van der Waals surface area contributed by atoms with E-state index in [1.54, 1.807) is 0 Å². The molecule has 1 amide bonds. The maximum Gasteiger partial charge on any atom is 0.227 e. The van der Waals surface area contributed by atoms with Gasteiger partial charge in [-0.2, -0.15) is 0 Å². The Bertz CT molecular complexity index is 428. The monoisotopic (exact) mass is 293 g/mol. The molecule has 3 rings (SSSR count). The second-order valence-corrected chi connectivity index (χ2v) is 6.76. The summed E-state index contributed by atoms with van der Waals surface area (Å²) in [5.41, 5.74) is 0. The number of nitrogens with zero attached hydrogens (tertiary/aromatic N) is 2. The van der Waals surface area contributed by atoms with Gasteiger partial charge in [0.05, 0.1) is 5.92 Å². The summed E-state index contributed by atoms with van der Waals surface area (Å²) in [5.74, 6) is 0.590. The van der Waals surface area contributed by atoms with Crippen molar-refractivity contribution in [1.82, 2.24) is 15.1 Å². The maximum atomic E-state index is 12.4. The van der Waals surface area contributed by atoms with Gasteiger partial charge in [0.1, 0.15) is 0 Å². The molecule has 0 bridgehead atoms. The molecule has 0 aliphatic carbocycles. The summed E-state index contributed by atoms with van der Waals surface area (Å²) in [6.45, 7) is 6.82. The standard InChI is InChI=1S/C15H23N3OS/c19-15(13-4-5-16-11-13)18-7-2-6-17(8-9-18)12-14-3-1-10-20-14/h1,3,10,13,16H,2,4-9,11-12H2. The van der Waals surface area contributed by atoms with Crippen LogP contribution in [0.3, 0.4) is 0 Å². The van der Waals surface area contributed by atoms with Gasteiger partial charge in [0.15, 0.2) is 0 Å². The third-order valence-electron chi connectivity index (χ3n) is 4.27. The molecule has 2 saturated heterocycles. The van der Waals surface area contributed by atoms with Crippen molar-refractivity contribution in [2.75, 3.05) is 39.3 Å². The highest BCUT2D eigenvalue weighted by Crippen LogP contribution is 2.16. The first-order valence-corrected chi connectivity index (χ1v) is 8.45. The highest BCUT2D eigenvalue weighted by molar-refractivity contribution is 7.09.